The lowest BCUT2D eigenvalue weighted by atomic mass is 10.3. The zero-order valence-electron chi connectivity index (χ0n) is 9.59. The minimum atomic E-state index is -3.61. The molecule has 0 amide bonds. The van der Waals surface area contributed by atoms with Crippen LogP contribution in [-0.2, 0) is 10.0 Å². The molecule has 0 heterocycles. The second-order valence-corrected chi connectivity index (χ2v) is 6.69. The van der Waals surface area contributed by atoms with Crippen LogP contribution in [0.5, 0.6) is 0 Å². The third kappa shape index (κ3) is 3.41. The maximum Gasteiger partial charge on any atom is 0.244 e. The van der Waals surface area contributed by atoms with Gasteiger partial charge in [0.2, 0.25) is 10.0 Å². The maximum atomic E-state index is 12.1. The van der Waals surface area contributed by atoms with Crippen LogP contribution in [0.3, 0.4) is 0 Å². The number of anilines is 1. The van der Waals surface area contributed by atoms with E-state index in [0.29, 0.717) is 10.2 Å². The molecule has 7 heteroatoms. The SMILES string of the molecule is CC(O)CN(C)S(=O)(=O)c1ccc(N)cc1Br. The average molecular weight is 323 g/mol. The third-order valence-corrected chi connectivity index (χ3v) is 4.97. The number of rotatable bonds is 4. The molecule has 0 saturated heterocycles. The van der Waals surface area contributed by atoms with Crippen LogP contribution in [0.1, 0.15) is 6.92 Å². The summed E-state index contributed by atoms with van der Waals surface area (Å²) < 4.78 is 25.8. The number of halogens is 1. The van der Waals surface area contributed by atoms with E-state index in [9.17, 15) is 13.5 Å². The first kappa shape index (κ1) is 14.4. The van der Waals surface area contributed by atoms with Crippen LogP contribution in [-0.4, -0.2) is 37.5 Å². The molecule has 17 heavy (non-hydrogen) atoms. The lowest BCUT2D eigenvalue weighted by molar-refractivity contribution is 0.171. The highest BCUT2D eigenvalue weighted by molar-refractivity contribution is 9.10. The zero-order valence-corrected chi connectivity index (χ0v) is 12.0. The number of hydrogen-bond donors (Lipinski definition) is 2. The lowest BCUT2D eigenvalue weighted by Crippen LogP contribution is -2.33. The van der Waals surface area contributed by atoms with Gasteiger partial charge in [0.25, 0.3) is 0 Å². The summed E-state index contributed by atoms with van der Waals surface area (Å²) in [6, 6.07) is 4.49. The molecule has 96 valence electrons. The molecule has 0 saturated carbocycles. The predicted molar refractivity (Wildman–Crippen MR) is 70.1 cm³/mol. The van der Waals surface area contributed by atoms with Gasteiger partial charge in [0, 0.05) is 23.8 Å². The van der Waals surface area contributed by atoms with Crippen LogP contribution >= 0.6 is 15.9 Å². The molecular formula is C10H15BrN2O3S. The number of aliphatic hydroxyl groups is 1. The van der Waals surface area contributed by atoms with Crippen LogP contribution in [0.2, 0.25) is 0 Å². The van der Waals surface area contributed by atoms with Crippen LogP contribution < -0.4 is 5.73 Å². The first-order valence-corrected chi connectivity index (χ1v) is 7.18. The second-order valence-electron chi connectivity index (χ2n) is 3.82. The Kier molecular flexibility index (Phi) is 4.54. The molecule has 1 aromatic carbocycles. The van der Waals surface area contributed by atoms with Gasteiger partial charge in [-0.15, -0.1) is 0 Å². The first-order valence-electron chi connectivity index (χ1n) is 4.94. The van der Waals surface area contributed by atoms with Crippen LogP contribution in [0.4, 0.5) is 5.69 Å². The Morgan fingerprint density at radius 1 is 1.53 bits per heavy atom. The smallest absolute Gasteiger partial charge is 0.244 e. The van der Waals surface area contributed by atoms with E-state index in [0.717, 1.165) is 4.31 Å². The van der Waals surface area contributed by atoms with Crippen LogP contribution in [0.15, 0.2) is 27.6 Å². The molecule has 0 spiro atoms. The van der Waals surface area contributed by atoms with Gasteiger partial charge < -0.3 is 10.8 Å². The molecule has 1 rings (SSSR count). The van der Waals surface area contributed by atoms with Crippen molar-refractivity contribution in [2.45, 2.75) is 17.9 Å². The molecule has 3 N–H and O–H groups in total. The maximum absolute atomic E-state index is 12.1. The topological polar surface area (TPSA) is 83.6 Å². The Balaban J connectivity index is 3.13. The predicted octanol–water partition coefficient (Wildman–Crippen LogP) is 1.03. The molecule has 0 bridgehead atoms. The summed E-state index contributed by atoms with van der Waals surface area (Å²) in [5.74, 6) is 0. The largest absolute Gasteiger partial charge is 0.399 e. The number of aliphatic hydroxyl groups excluding tert-OH is 1. The Hall–Kier alpha value is -0.630. The Morgan fingerprint density at radius 3 is 2.59 bits per heavy atom. The van der Waals surface area contributed by atoms with Crippen molar-refractivity contribution in [3.05, 3.63) is 22.7 Å². The van der Waals surface area contributed by atoms with Crippen LogP contribution in [0, 0.1) is 0 Å². The number of hydrogen-bond acceptors (Lipinski definition) is 4. The van der Waals surface area contributed by atoms with Gasteiger partial charge in [-0.3, -0.25) is 0 Å². The van der Waals surface area contributed by atoms with Crippen molar-refractivity contribution in [1.82, 2.24) is 4.31 Å². The number of benzene rings is 1. The fraction of sp³-hybridized carbons (Fsp3) is 0.400. The Labute approximate surface area is 109 Å². The molecule has 0 aromatic heterocycles. The van der Waals surface area contributed by atoms with E-state index < -0.39 is 16.1 Å². The third-order valence-electron chi connectivity index (χ3n) is 2.17. The number of nitrogens with two attached hydrogens (primary N) is 1. The van der Waals surface area contributed by atoms with Crippen molar-refractivity contribution < 1.29 is 13.5 Å². The Bertz CT molecular complexity index is 502. The van der Waals surface area contributed by atoms with Gasteiger partial charge in [-0.1, -0.05) is 0 Å². The van der Waals surface area contributed by atoms with E-state index in [1.165, 1.54) is 32.2 Å². The van der Waals surface area contributed by atoms with Gasteiger partial charge in [-0.05, 0) is 41.1 Å². The Morgan fingerprint density at radius 2 is 2.12 bits per heavy atom. The van der Waals surface area contributed by atoms with E-state index >= 15 is 0 Å². The lowest BCUT2D eigenvalue weighted by Gasteiger charge is -2.19. The minimum Gasteiger partial charge on any atom is -0.399 e. The summed E-state index contributed by atoms with van der Waals surface area (Å²) in [7, 11) is -2.19. The van der Waals surface area contributed by atoms with E-state index in [1.54, 1.807) is 0 Å². The van der Waals surface area contributed by atoms with Crippen LogP contribution in [0.25, 0.3) is 0 Å². The van der Waals surface area contributed by atoms with Gasteiger partial charge in [0.1, 0.15) is 0 Å². The zero-order chi connectivity index (χ0) is 13.2. The van der Waals surface area contributed by atoms with Gasteiger partial charge >= 0.3 is 0 Å². The van der Waals surface area contributed by atoms with Crippen molar-refractivity contribution >= 4 is 31.6 Å². The number of nitrogens with zero attached hydrogens (tertiary/aromatic N) is 1. The molecule has 0 aliphatic heterocycles. The molecule has 1 atom stereocenters. The van der Waals surface area contributed by atoms with E-state index in [4.69, 9.17) is 5.73 Å². The molecule has 1 unspecified atom stereocenters. The van der Waals surface area contributed by atoms with E-state index in [2.05, 4.69) is 15.9 Å². The summed E-state index contributed by atoms with van der Waals surface area (Å²) in [5.41, 5.74) is 6.03. The number of likely N-dealkylation sites (N-methyl/N-ethyl adjacent to an activating group) is 1. The highest BCUT2D eigenvalue weighted by Gasteiger charge is 2.24. The molecule has 0 radical (unpaired) electrons. The quantitative estimate of drug-likeness (QED) is 0.811. The summed E-state index contributed by atoms with van der Waals surface area (Å²) >= 11 is 3.17. The molecule has 0 aliphatic rings. The fourth-order valence-corrected chi connectivity index (χ4v) is 3.67. The molecule has 0 fully saturated rings. The van der Waals surface area contributed by atoms with E-state index in [1.807, 2.05) is 0 Å². The average Bonchev–Trinajstić information content (AvgIpc) is 2.15. The normalized spacial score (nSPS) is 13.9. The number of nitrogen functional groups attached to an aromatic ring is 1. The van der Waals surface area contributed by atoms with E-state index in [-0.39, 0.29) is 11.4 Å². The van der Waals surface area contributed by atoms with Gasteiger partial charge in [0.15, 0.2) is 0 Å². The summed E-state index contributed by atoms with van der Waals surface area (Å²) in [5, 5.41) is 9.21. The summed E-state index contributed by atoms with van der Waals surface area (Å²) in [6.07, 6.45) is -0.720. The number of sulfonamides is 1. The second kappa shape index (κ2) is 5.34. The van der Waals surface area contributed by atoms with Crippen molar-refractivity contribution in [3.8, 4) is 0 Å². The van der Waals surface area contributed by atoms with Gasteiger partial charge in [-0.2, -0.15) is 4.31 Å². The highest BCUT2D eigenvalue weighted by atomic mass is 79.9. The standard InChI is InChI=1S/C10H15BrN2O3S/c1-7(14)6-13(2)17(15,16)10-4-3-8(12)5-9(10)11/h3-5,7,14H,6,12H2,1-2H3. The molecular weight excluding hydrogens is 308 g/mol. The monoisotopic (exact) mass is 322 g/mol. The van der Waals surface area contributed by atoms with Crippen molar-refractivity contribution in [3.63, 3.8) is 0 Å². The van der Waals surface area contributed by atoms with Crippen molar-refractivity contribution in [2.24, 2.45) is 0 Å². The van der Waals surface area contributed by atoms with Gasteiger partial charge in [0.05, 0.1) is 11.0 Å². The molecule has 0 aliphatic carbocycles. The first-order chi connectivity index (χ1) is 7.75. The molecule has 5 nitrogen and oxygen atoms in total. The fourth-order valence-electron chi connectivity index (χ4n) is 1.36. The molecule has 1 aromatic rings. The highest BCUT2D eigenvalue weighted by Crippen LogP contribution is 2.26. The summed E-state index contributed by atoms with van der Waals surface area (Å²) in [6.45, 7) is 1.57. The van der Waals surface area contributed by atoms with Crippen molar-refractivity contribution in [2.75, 3.05) is 19.3 Å². The van der Waals surface area contributed by atoms with Gasteiger partial charge in [-0.25, -0.2) is 8.42 Å². The van der Waals surface area contributed by atoms with Crippen molar-refractivity contribution in [1.29, 1.82) is 0 Å². The minimum absolute atomic E-state index is 0.0408. The summed E-state index contributed by atoms with van der Waals surface area (Å²) in [4.78, 5) is 0.134.